The van der Waals surface area contributed by atoms with Crippen molar-refractivity contribution in [3.8, 4) is 11.5 Å². The number of hydrogen-bond donors (Lipinski definition) is 1. The van der Waals surface area contributed by atoms with E-state index in [1.54, 1.807) is 7.11 Å². The van der Waals surface area contributed by atoms with Gasteiger partial charge >= 0.3 is 0 Å². The van der Waals surface area contributed by atoms with E-state index in [0.717, 1.165) is 22.0 Å². The van der Waals surface area contributed by atoms with Crippen LogP contribution in [0.3, 0.4) is 0 Å². The molecular weight excluding hydrogens is 264 g/mol. The smallest absolute Gasteiger partial charge is 0.161 e. The van der Waals surface area contributed by atoms with E-state index in [4.69, 9.17) is 15.4 Å². The molecule has 1 aromatic heterocycles. The van der Waals surface area contributed by atoms with E-state index in [-0.39, 0.29) is 0 Å². The zero-order chi connectivity index (χ0) is 13.7. The number of rotatable bonds is 6. The van der Waals surface area contributed by atoms with Gasteiger partial charge in [0, 0.05) is 5.38 Å². The Morgan fingerprint density at radius 1 is 1.26 bits per heavy atom. The Hall–Kier alpha value is -1.63. The lowest BCUT2D eigenvalue weighted by Crippen LogP contribution is -2.00. The molecule has 0 spiro atoms. The first-order chi connectivity index (χ1) is 9.22. The molecule has 6 heteroatoms. The topological polar surface area (TPSA) is 66.6 Å². The number of hydrogen-bond acceptors (Lipinski definition) is 6. The van der Waals surface area contributed by atoms with Crippen LogP contribution in [0.1, 0.15) is 16.3 Å². The third kappa shape index (κ3) is 3.66. The van der Waals surface area contributed by atoms with Crippen molar-refractivity contribution in [1.82, 2.24) is 4.98 Å². The Morgan fingerprint density at radius 2 is 2.11 bits per heavy atom. The number of benzene rings is 1. The van der Waals surface area contributed by atoms with Gasteiger partial charge in [-0.2, -0.15) is 0 Å². The molecule has 2 rings (SSSR count). The fourth-order valence-corrected chi connectivity index (χ4v) is 2.29. The van der Waals surface area contributed by atoms with Crippen molar-refractivity contribution in [3.05, 3.63) is 39.8 Å². The third-order valence-electron chi connectivity index (χ3n) is 2.50. The molecule has 0 aliphatic heterocycles. The molecule has 5 nitrogen and oxygen atoms in total. The van der Waals surface area contributed by atoms with Crippen molar-refractivity contribution in [2.75, 3.05) is 7.11 Å². The van der Waals surface area contributed by atoms with Gasteiger partial charge in [0.25, 0.3) is 0 Å². The SMILES string of the molecule is COc1cc(C)ccc1OCc1nc(CON)cs1. The number of nitrogens with zero attached hydrogens (tertiary/aromatic N) is 1. The van der Waals surface area contributed by atoms with Gasteiger partial charge in [0.15, 0.2) is 11.5 Å². The summed E-state index contributed by atoms with van der Waals surface area (Å²) in [7, 11) is 1.63. The average molecular weight is 280 g/mol. The van der Waals surface area contributed by atoms with Gasteiger partial charge in [-0.25, -0.2) is 10.9 Å². The molecule has 2 N–H and O–H groups in total. The first-order valence-electron chi connectivity index (χ1n) is 5.75. The molecule has 102 valence electrons. The molecule has 0 atom stereocenters. The van der Waals surface area contributed by atoms with Crippen LogP contribution in [0, 0.1) is 6.92 Å². The molecule has 0 saturated carbocycles. The summed E-state index contributed by atoms with van der Waals surface area (Å²) in [6.07, 6.45) is 0. The molecule has 0 amide bonds. The second kappa shape index (κ2) is 6.51. The summed E-state index contributed by atoms with van der Waals surface area (Å²) in [6, 6.07) is 5.81. The van der Waals surface area contributed by atoms with E-state index < -0.39 is 0 Å². The maximum Gasteiger partial charge on any atom is 0.161 e. The highest BCUT2D eigenvalue weighted by Crippen LogP contribution is 2.28. The summed E-state index contributed by atoms with van der Waals surface area (Å²) in [6.45, 7) is 2.71. The minimum atomic E-state index is 0.310. The van der Waals surface area contributed by atoms with E-state index in [2.05, 4.69) is 9.82 Å². The number of methoxy groups -OCH3 is 1. The highest BCUT2D eigenvalue weighted by atomic mass is 32.1. The largest absolute Gasteiger partial charge is 0.493 e. The normalized spacial score (nSPS) is 10.5. The average Bonchev–Trinajstić information content (AvgIpc) is 2.85. The van der Waals surface area contributed by atoms with Crippen molar-refractivity contribution >= 4 is 11.3 Å². The molecule has 0 saturated heterocycles. The van der Waals surface area contributed by atoms with E-state index in [1.807, 2.05) is 30.5 Å². The summed E-state index contributed by atoms with van der Waals surface area (Å²) in [5.41, 5.74) is 1.93. The van der Waals surface area contributed by atoms with Gasteiger partial charge < -0.3 is 9.47 Å². The van der Waals surface area contributed by atoms with Crippen molar-refractivity contribution in [1.29, 1.82) is 0 Å². The standard InChI is InChI=1S/C13H16N2O3S/c1-9-3-4-11(12(5-9)16-2)17-7-13-15-10(6-18-14)8-19-13/h3-5,8H,6-7,14H2,1-2H3. The number of nitrogens with two attached hydrogens (primary N) is 1. The Morgan fingerprint density at radius 3 is 2.84 bits per heavy atom. The van der Waals surface area contributed by atoms with Crippen LogP contribution < -0.4 is 15.4 Å². The van der Waals surface area contributed by atoms with Crippen molar-refractivity contribution in [2.45, 2.75) is 20.1 Å². The Kier molecular flexibility index (Phi) is 4.73. The highest BCUT2D eigenvalue weighted by molar-refractivity contribution is 7.09. The number of aryl methyl sites for hydroxylation is 1. The van der Waals surface area contributed by atoms with E-state index in [1.165, 1.54) is 11.3 Å². The van der Waals surface area contributed by atoms with Gasteiger partial charge in [0.2, 0.25) is 0 Å². The molecule has 0 aliphatic rings. The van der Waals surface area contributed by atoms with Crippen molar-refractivity contribution in [3.63, 3.8) is 0 Å². The fraction of sp³-hybridized carbons (Fsp3) is 0.308. The molecule has 0 radical (unpaired) electrons. The maximum absolute atomic E-state index is 5.71. The van der Waals surface area contributed by atoms with Crippen LogP contribution in [-0.2, 0) is 18.1 Å². The van der Waals surface area contributed by atoms with Crippen LogP contribution in [0.25, 0.3) is 0 Å². The van der Waals surface area contributed by atoms with E-state index in [0.29, 0.717) is 19.0 Å². The van der Waals surface area contributed by atoms with E-state index in [9.17, 15) is 0 Å². The van der Waals surface area contributed by atoms with Gasteiger partial charge in [-0.1, -0.05) is 6.07 Å². The number of aromatic nitrogens is 1. The van der Waals surface area contributed by atoms with Gasteiger partial charge in [0.05, 0.1) is 12.8 Å². The molecule has 19 heavy (non-hydrogen) atoms. The summed E-state index contributed by atoms with van der Waals surface area (Å²) in [5.74, 6) is 6.44. The lowest BCUT2D eigenvalue weighted by atomic mass is 10.2. The van der Waals surface area contributed by atoms with Gasteiger partial charge in [-0.15, -0.1) is 11.3 Å². The highest BCUT2D eigenvalue weighted by Gasteiger charge is 2.07. The number of thiazole rings is 1. The van der Waals surface area contributed by atoms with Crippen molar-refractivity contribution < 1.29 is 14.3 Å². The summed E-state index contributed by atoms with van der Waals surface area (Å²) >= 11 is 1.51. The van der Waals surface area contributed by atoms with E-state index >= 15 is 0 Å². The summed E-state index contributed by atoms with van der Waals surface area (Å²) in [4.78, 5) is 8.87. The van der Waals surface area contributed by atoms with Crippen LogP contribution in [0.15, 0.2) is 23.6 Å². The first kappa shape index (κ1) is 13.8. The fourth-order valence-electron chi connectivity index (χ4n) is 1.60. The predicted octanol–water partition coefficient (Wildman–Crippen LogP) is 2.43. The zero-order valence-electron chi connectivity index (χ0n) is 10.9. The molecule has 1 heterocycles. The Balaban J connectivity index is 2.01. The Labute approximate surface area is 115 Å². The van der Waals surface area contributed by atoms with Crippen LogP contribution in [-0.4, -0.2) is 12.1 Å². The minimum absolute atomic E-state index is 0.310. The molecule has 0 bridgehead atoms. The lowest BCUT2D eigenvalue weighted by Gasteiger charge is -2.10. The van der Waals surface area contributed by atoms with Crippen molar-refractivity contribution in [2.24, 2.45) is 5.90 Å². The lowest BCUT2D eigenvalue weighted by molar-refractivity contribution is 0.121. The molecule has 0 unspecified atom stereocenters. The van der Waals surface area contributed by atoms with Crippen LogP contribution in [0.4, 0.5) is 0 Å². The zero-order valence-corrected chi connectivity index (χ0v) is 11.7. The first-order valence-corrected chi connectivity index (χ1v) is 6.63. The summed E-state index contributed by atoms with van der Waals surface area (Å²) < 4.78 is 11.0. The van der Waals surface area contributed by atoms with Gasteiger partial charge in [0.1, 0.15) is 18.2 Å². The van der Waals surface area contributed by atoms with Gasteiger partial charge in [-0.05, 0) is 24.6 Å². The van der Waals surface area contributed by atoms with Crippen LogP contribution in [0.2, 0.25) is 0 Å². The quantitative estimate of drug-likeness (QED) is 0.823. The summed E-state index contributed by atoms with van der Waals surface area (Å²) in [5, 5.41) is 2.77. The molecule has 0 fully saturated rings. The maximum atomic E-state index is 5.71. The van der Waals surface area contributed by atoms with Crippen LogP contribution >= 0.6 is 11.3 Å². The monoisotopic (exact) mass is 280 g/mol. The second-order valence-electron chi connectivity index (χ2n) is 3.99. The molecule has 1 aromatic carbocycles. The van der Waals surface area contributed by atoms with Gasteiger partial charge in [-0.3, -0.25) is 4.84 Å². The molecular formula is C13H16N2O3S. The van der Waals surface area contributed by atoms with Crippen LogP contribution in [0.5, 0.6) is 11.5 Å². The Bertz CT molecular complexity index is 542. The third-order valence-corrected chi connectivity index (χ3v) is 3.37. The predicted molar refractivity (Wildman–Crippen MR) is 73.2 cm³/mol. The molecule has 2 aromatic rings. The second-order valence-corrected chi connectivity index (χ2v) is 4.93. The molecule has 0 aliphatic carbocycles. The number of ether oxygens (including phenoxy) is 2. The minimum Gasteiger partial charge on any atom is -0.493 e.